The quantitative estimate of drug-likeness (QED) is 0.776. The Labute approximate surface area is 111 Å². The second kappa shape index (κ2) is 4.53. The molecule has 0 saturated carbocycles. The van der Waals surface area contributed by atoms with Crippen molar-refractivity contribution >= 4 is 5.97 Å². The molecule has 3 rings (SSSR count). The summed E-state index contributed by atoms with van der Waals surface area (Å²) >= 11 is 0. The van der Waals surface area contributed by atoms with Crippen molar-refractivity contribution in [2.45, 2.75) is 26.7 Å². The fourth-order valence-electron chi connectivity index (χ4n) is 2.48. The van der Waals surface area contributed by atoms with E-state index in [1.54, 1.807) is 13.2 Å². The zero-order valence-corrected chi connectivity index (χ0v) is 11.0. The molecule has 0 amide bonds. The predicted molar refractivity (Wildman–Crippen MR) is 70.0 cm³/mol. The Hall–Kier alpha value is -2.10. The third-order valence-corrected chi connectivity index (χ3v) is 3.41. The summed E-state index contributed by atoms with van der Waals surface area (Å²) in [5, 5.41) is 0. The van der Waals surface area contributed by atoms with Gasteiger partial charge in [-0.3, -0.25) is 4.98 Å². The molecule has 0 spiro atoms. The number of fused-ring (bicyclic) bond motifs is 3. The number of ether oxygens (including phenoxy) is 1. The lowest BCUT2D eigenvalue weighted by atomic mass is 9.93. The van der Waals surface area contributed by atoms with Crippen LogP contribution in [0.15, 0.2) is 22.8 Å². The molecule has 0 bridgehead atoms. The van der Waals surface area contributed by atoms with Gasteiger partial charge in [0, 0.05) is 12.0 Å². The number of rotatable bonds is 2. The molecule has 0 radical (unpaired) electrons. The highest BCUT2D eigenvalue weighted by Crippen LogP contribution is 2.33. The van der Waals surface area contributed by atoms with Crippen LogP contribution < -0.4 is 0 Å². The number of carbonyl (C=O) groups excluding carboxylic acids is 1. The minimum atomic E-state index is -0.298. The van der Waals surface area contributed by atoms with E-state index in [9.17, 15) is 4.79 Å². The zero-order chi connectivity index (χ0) is 13.4. The van der Waals surface area contributed by atoms with E-state index in [0.717, 1.165) is 35.4 Å². The monoisotopic (exact) mass is 257 g/mol. The Morgan fingerprint density at radius 2 is 2.32 bits per heavy atom. The van der Waals surface area contributed by atoms with E-state index in [1.807, 2.05) is 19.1 Å². The molecular formula is C15H15NO3. The number of carbonyl (C=O) groups is 1. The summed E-state index contributed by atoms with van der Waals surface area (Å²) in [6.45, 7) is 4.01. The number of hydrogen-bond acceptors (Lipinski definition) is 4. The van der Waals surface area contributed by atoms with Gasteiger partial charge in [0.2, 0.25) is 0 Å². The number of esters is 1. The Balaban J connectivity index is 2.09. The maximum Gasteiger partial charge on any atom is 0.339 e. The van der Waals surface area contributed by atoms with Gasteiger partial charge in [0.15, 0.2) is 0 Å². The highest BCUT2D eigenvalue weighted by Gasteiger charge is 2.23. The Kier molecular flexibility index (Phi) is 2.85. The normalized spacial score (nSPS) is 12.7. The SMILES string of the molecule is CCOC(=O)c1cc2c(nc1C)-c1ccoc1CC2. The summed E-state index contributed by atoms with van der Waals surface area (Å²) in [5.74, 6) is 0.677. The second-order valence-electron chi connectivity index (χ2n) is 4.61. The largest absolute Gasteiger partial charge is 0.469 e. The van der Waals surface area contributed by atoms with Crippen molar-refractivity contribution in [3.63, 3.8) is 0 Å². The van der Waals surface area contributed by atoms with Crippen LogP contribution in [0.1, 0.15) is 34.3 Å². The molecule has 0 atom stereocenters. The summed E-state index contributed by atoms with van der Waals surface area (Å²) in [7, 11) is 0. The summed E-state index contributed by atoms with van der Waals surface area (Å²) in [6, 6.07) is 3.84. The van der Waals surface area contributed by atoms with Crippen LogP contribution in [0.25, 0.3) is 11.3 Å². The predicted octanol–water partition coefficient (Wildman–Crippen LogP) is 2.93. The molecule has 0 fully saturated rings. The van der Waals surface area contributed by atoms with Gasteiger partial charge in [-0.25, -0.2) is 4.79 Å². The van der Waals surface area contributed by atoms with E-state index in [-0.39, 0.29) is 5.97 Å². The van der Waals surface area contributed by atoms with E-state index in [0.29, 0.717) is 17.9 Å². The van der Waals surface area contributed by atoms with Gasteiger partial charge >= 0.3 is 5.97 Å². The van der Waals surface area contributed by atoms with E-state index < -0.39 is 0 Å². The Morgan fingerprint density at radius 1 is 1.47 bits per heavy atom. The van der Waals surface area contributed by atoms with Crippen LogP contribution in [0, 0.1) is 6.92 Å². The Morgan fingerprint density at radius 3 is 3.11 bits per heavy atom. The van der Waals surface area contributed by atoms with Crippen LogP contribution in [0.3, 0.4) is 0 Å². The summed E-state index contributed by atoms with van der Waals surface area (Å²) < 4.78 is 10.5. The molecule has 2 aromatic heterocycles. The fraction of sp³-hybridized carbons (Fsp3) is 0.333. The first-order valence-electron chi connectivity index (χ1n) is 6.45. The topological polar surface area (TPSA) is 52.3 Å². The molecular weight excluding hydrogens is 242 g/mol. The minimum absolute atomic E-state index is 0.298. The van der Waals surface area contributed by atoms with Gasteiger partial charge in [0.25, 0.3) is 0 Å². The molecule has 0 aliphatic heterocycles. The van der Waals surface area contributed by atoms with Gasteiger partial charge in [0.1, 0.15) is 5.76 Å². The molecule has 1 aliphatic carbocycles. The molecule has 1 aliphatic rings. The standard InChI is InChI=1S/C15H15NO3/c1-3-18-15(17)12-8-10-4-5-13-11(6-7-19-13)14(10)16-9(12)2/h6-8H,3-5H2,1-2H3. The zero-order valence-electron chi connectivity index (χ0n) is 11.0. The highest BCUT2D eigenvalue weighted by molar-refractivity contribution is 5.91. The molecule has 4 nitrogen and oxygen atoms in total. The van der Waals surface area contributed by atoms with Crippen molar-refractivity contribution in [3.05, 3.63) is 41.0 Å². The van der Waals surface area contributed by atoms with Crippen LogP contribution in [-0.2, 0) is 17.6 Å². The molecule has 0 unspecified atom stereocenters. The molecule has 2 aromatic rings. The second-order valence-corrected chi connectivity index (χ2v) is 4.61. The molecule has 0 N–H and O–H groups in total. The average Bonchev–Trinajstić information content (AvgIpc) is 2.87. The van der Waals surface area contributed by atoms with Crippen LogP contribution in [0.2, 0.25) is 0 Å². The van der Waals surface area contributed by atoms with Crippen molar-refractivity contribution in [2.75, 3.05) is 6.61 Å². The molecule has 0 saturated heterocycles. The molecule has 2 heterocycles. The molecule has 0 aromatic carbocycles. The molecule has 98 valence electrons. The van der Waals surface area contributed by atoms with E-state index in [4.69, 9.17) is 9.15 Å². The van der Waals surface area contributed by atoms with Crippen molar-refractivity contribution in [3.8, 4) is 11.3 Å². The first-order chi connectivity index (χ1) is 9.20. The molecule has 19 heavy (non-hydrogen) atoms. The summed E-state index contributed by atoms with van der Waals surface area (Å²) in [5.41, 5.74) is 4.32. The third kappa shape index (κ3) is 1.93. The number of hydrogen-bond donors (Lipinski definition) is 0. The van der Waals surface area contributed by atoms with Crippen molar-refractivity contribution in [1.82, 2.24) is 4.98 Å². The first-order valence-corrected chi connectivity index (χ1v) is 6.45. The van der Waals surface area contributed by atoms with Crippen molar-refractivity contribution in [1.29, 1.82) is 0 Å². The summed E-state index contributed by atoms with van der Waals surface area (Å²) in [6.07, 6.45) is 3.38. The van der Waals surface area contributed by atoms with Crippen molar-refractivity contribution < 1.29 is 13.9 Å². The smallest absolute Gasteiger partial charge is 0.339 e. The van der Waals surface area contributed by atoms with Crippen LogP contribution in [-0.4, -0.2) is 17.6 Å². The average molecular weight is 257 g/mol. The van der Waals surface area contributed by atoms with Gasteiger partial charge in [-0.15, -0.1) is 0 Å². The van der Waals surface area contributed by atoms with E-state index in [2.05, 4.69) is 4.98 Å². The number of furan rings is 1. The van der Waals surface area contributed by atoms with Crippen molar-refractivity contribution in [2.24, 2.45) is 0 Å². The van der Waals surface area contributed by atoms with Gasteiger partial charge in [-0.1, -0.05) is 0 Å². The highest BCUT2D eigenvalue weighted by atomic mass is 16.5. The summed E-state index contributed by atoms with van der Waals surface area (Å²) in [4.78, 5) is 16.4. The maximum atomic E-state index is 11.9. The lowest BCUT2D eigenvalue weighted by Crippen LogP contribution is -2.12. The Bertz CT molecular complexity index is 643. The van der Waals surface area contributed by atoms with Gasteiger partial charge in [-0.05, 0) is 38.0 Å². The lowest BCUT2D eigenvalue weighted by molar-refractivity contribution is 0.0525. The lowest BCUT2D eigenvalue weighted by Gasteiger charge is -2.16. The number of nitrogens with zero attached hydrogens (tertiary/aromatic N) is 1. The maximum absolute atomic E-state index is 11.9. The van der Waals surface area contributed by atoms with E-state index >= 15 is 0 Å². The van der Waals surface area contributed by atoms with Crippen LogP contribution in [0.4, 0.5) is 0 Å². The minimum Gasteiger partial charge on any atom is -0.469 e. The number of pyridine rings is 1. The third-order valence-electron chi connectivity index (χ3n) is 3.41. The van der Waals surface area contributed by atoms with E-state index in [1.165, 1.54) is 0 Å². The van der Waals surface area contributed by atoms with Crippen LogP contribution >= 0.6 is 0 Å². The fourth-order valence-corrected chi connectivity index (χ4v) is 2.48. The number of aryl methyl sites for hydroxylation is 3. The molecule has 4 heteroatoms. The van der Waals surface area contributed by atoms with Gasteiger partial charge < -0.3 is 9.15 Å². The first kappa shape index (κ1) is 12.0. The van der Waals surface area contributed by atoms with Crippen LogP contribution in [0.5, 0.6) is 0 Å². The number of aromatic nitrogens is 1. The van der Waals surface area contributed by atoms with Gasteiger partial charge in [-0.2, -0.15) is 0 Å². The van der Waals surface area contributed by atoms with Gasteiger partial charge in [0.05, 0.1) is 29.8 Å².